The summed E-state index contributed by atoms with van der Waals surface area (Å²) >= 11 is 0. The Morgan fingerprint density at radius 1 is 1.07 bits per heavy atom. The van der Waals surface area contributed by atoms with Crippen molar-refractivity contribution in [3.63, 3.8) is 0 Å². The average Bonchev–Trinajstić information content (AvgIpc) is 2.53. The van der Waals surface area contributed by atoms with E-state index in [0.29, 0.717) is 6.54 Å². The second kappa shape index (κ2) is 13.6. The van der Waals surface area contributed by atoms with E-state index < -0.39 is 8.32 Å². The molecule has 1 N–H and O–H groups in total. The number of nitrogens with zero attached hydrogens (tertiary/aromatic N) is 1. The van der Waals surface area contributed by atoms with E-state index in [2.05, 4.69) is 46.1 Å². The van der Waals surface area contributed by atoms with Crippen LogP contribution >= 0.6 is 0 Å². The molecule has 0 aromatic carbocycles. The van der Waals surface area contributed by atoms with Gasteiger partial charge in [0.05, 0.1) is 0 Å². The van der Waals surface area contributed by atoms with Gasteiger partial charge in [0.2, 0.25) is 0 Å². The maximum absolute atomic E-state index is 12.1. The largest absolute Gasteiger partial charge is 0.446 e. The molecular weight excluding hydrogens is 356 g/mol. The maximum atomic E-state index is 12.1. The van der Waals surface area contributed by atoms with E-state index in [-0.39, 0.29) is 17.2 Å². The van der Waals surface area contributed by atoms with Crippen molar-refractivity contribution < 1.29 is 14.0 Å². The molecular formula is C21H46N2O3Si. The zero-order valence-corrected chi connectivity index (χ0v) is 20.3. The molecule has 0 bridgehead atoms. The summed E-state index contributed by atoms with van der Waals surface area (Å²) in [5.74, 6) is 0. The van der Waals surface area contributed by atoms with Crippen molar-refractivity contribution in [1.82, 2.24) is 10.2 Å². The number of likely N-dealkylation sites (N-methyl/N-ethyl adjacent to an activating group) is 1. The van der Waals surface area contributed by atoms with Crippen molar-refractivity contribution in [2.45, 2.75) is 96.9 Å². The Morgan fingerprint density at radius 2 is 1.70 bits per heavy atom. The van der Waals surface area contributed by atoms with Gasteiger partial charge in [-0.3, -0.25) is 0 Å². The third kappa shape index (κ3) is 13.3. The van der Waals surface area contributed by atoms with E-state index in [9.17, 15) is 4.79 Å². The van der Waals surface area contributed by atoms with Gasteiger partial charge in [-0.1, -0.05) is 47.0 Å². The SMILES string of the molecule is CCCCCCC(CCCO[Si](C)(C)C(C)(C)C)OC(=O)NCCN(C)C. The lowest BCUT2D eigenvalue weighted by Crippen LogP contribution is -2.41. The van der Waals surface area contributed by atoms with Crippen LogP contribution in [0.2, 0.25) is 18.1 Å². The molecule has 0 spiro atoms. The number of hydrogen-bond acceptors (Lipinski definition) is 4. The van der Waals surface area contributed by atoms with Crippen molar-refractivity contribution in [2.75, 3.05) is 33.8 Å². The van der Waals surface area contributed by atoms with Crippen molar-refractivity contribution in [3.05, 3.63) is 0 Å². The molecule has 0 heterocycles. The molecule has 6 heteroatoms. The molecule has 0 rings (SSSR count). The minimum Gasteiger partial charge on any atom is -0.446 e. The highest BCUT2D eigenvalue weighted by Gasteiger charge is 2.36. The number of rotatable bonds is 14. The van der Waals surface area contributed by atoms with Gasteiger partial charge in [-0.25, -0.2) is 4.79 Å². The zero-order valence-electron chi connectivity index (χ0n) is 19.3. The van der Waals surface area contributed by atoms with Crippen LogP contribution in [-0.4, -0.2) is 59.2 Å². The Balaban J connectivity index is 4.35. The molecule has 0 saturated heterocycles. The molecule has 1 atom stereocenters. The van der Waals surface area contributed by atoms with Crippen LogP contribution in [0.1, 0.15) is 72.6 Å². The molecule has 0 radical (unpaired) electrons. The Bertz CT molecular complexity index is 395. The fourth-order valence-corrected chi connectivity index (χ4v) is 3.58. The quantitative estimate of drug-likeness (QED) is 0.311. The minimum absolute atomic E-state index is 0.00997. The highest BCUT2D eigenvalue weighted by molar-refractivity contribution is 6.74. The second-order valence-corrected chi connectivity index (χ2v) is 14.2. The number of amides is 1. The van der Waals surface area contributed by atoms with Crippen molar-refractivity contribution in [1.29, 1.82) is 0 Å². The Hall–Kier alpha value is -0.593. The van der Waals surface area contributed by atoms with Crippen molar-refractivity contribution >= 4 is 14.4 Å². The number of carbonyl (C=O) groups is 1. The lowest BCUT2D eigenvalue weighted by Gasteiger charge is -2.36. The molecule has 27 heavy (non-hydrogen) atoms. The first-order valence-electron chi connectivity index (χ1n) is 10.7. The van der Waals surface area contributed by atoms with Crippen molar-refractivity contribution in [3.8, 4) is 0 Å². The number of alkyl carbamates (subject to hydrolysis) is 1. The molecule has 1 amide bonds. The molecule has 0 fully saturated rings. The van der Waals surface area contributed by atoms with E-state index in [0.717, 1.165) is 38.8 Å². The fraction of sp³-hybridized carbons (Fsp3) is 0.952. The van der Waals surface area contributed by atoms with Gasteiger partial charge in [-0.05, 0) is 57.9 Å². The van der Waals surface area contributed by atoms with Gasteiger partial charge in [-0.15, -0.1) is 0 Å². The maximum Gasteiger partial charge on any atom is 0.407 e. The van der Waals surface area contributed by atoms with E-state index in [1.165, 1.54) is 19.3 Å². The van der Waals surface area contributed by atoms with Gasteiger partial charge in [0.25, 0.3) is 0 Å². The van der Waals surface area contributed by atoms with Crippen LogP contribution in [0.5, 0.6) is 0 Å². The summed E-state index contributed by atoms with van der Waals surface area (Å²) in [6.45, 7) is 15.7. The molecule has 1 unspecified atom stereocenters. The minimum atomic E-state index is -1.70. The number of unbranched alkanes of at least 4 members (excludes halogenated alkanes) is 3. The lowest BCUT2D eigenvalue weighted by atomic mass is 10.1. The standard InChI is InChI=1S/C21H46N2O3Si/c1-9-10-11-12-14-19(26-20(24)22-16-17-23(5)6)15-13-18-25-27(7,8)21(2,3)4/h19H,9-18H2,1-8H3,(H,22,24). The van der Waals surface area contributed by atoms with Gasteiger partial charge < -0.3 is 19.4 Å². The van der Waals surface area contributed by atoms with Gasteiger partial charge in [-0.2, -0.15) is 0 Å². The number of nitrogens with one attached hydrogen (secondary N) is 1. The summed E-state index contributed by atoms with van der Waals surface area (Å²) in [6, 6.07) is 0. The van der Waals surface area contributed by atoms with Gasteiger partial charge in [0.15, 0.2) is 8.32 Å². The molecule has 0 aliphatic carbocycles. The van der Waals surface area contributed by atoms with Crippen LogP contribution < -0.4 is 5.32 Å². The normalized spacial score (nSPS) is 13.7. The summed E-state index contributed by atoms with van der Waals surface area (Å²) in [7, 11) is 2.29. The number of hydrogen-bond donors (Lipinski definition) is 1. The molecule has 0 aromatic heterocycles. The third-order valence-electron chi connectivity index (χ3n) is 5.42. The fourth-order valence-electron chi connectivity index (χ4n) is 2.49. The Morgan fingerprint density at radius 3 is 2.26 bits per heavy atom. The molecule has 0 aromatic rings. The summed E-state index contributed by atoms with van der Waals surface area (Å²) in [4.78, 5) is 14.1. The van der Waals surface area contributed by atoms with E-state index in [1.807, 2.05) is 19.0 Å². The van der Waals surface area contributed by atoms with Crippen LogP contribution in [0.3, 0.4) is 0 Å². The number of ether oxygens (including phenoxy) is 1. The molecule has 5 nitrogen and oxygen atoms in total. The van der Waals surface area contributed by atoms with Crippen LogP contribution in [0.4, 0.5) is 4.79 Å². The first-order valence-corrected chi connectivity index (χ1v) is 13.6. The predicted molar refractivity (Wildman–Crippen MR) is 118 cm³/mol. The number of carbonyl (C=O) groups excluding carboxylic acids is 1. The highest BCUT2D eigenvalue weighted by atomic mass is 28.4. The molecule has 0 aliphatic rings. The van der Waals surface area contributed by atoms with Crippen molar-refractivity contribution in [2.24, 2.45) is 0 Å². The smallest absolute Gasteiger partial charge is 0.407 e. The average molecular weight is 403 g/mol. The van der Waals surface area contributed by atoms with E-state index >= 15 is 0 Å². The van der Waals surface area contributed by atoms with Crippen LogP contribution in [0.15, 0.2) is 0 Å². The summed E-state index contributed by atoms with van der Waals surface area (Å²) in [5.41, 5.74) is 0. The molecule has 0 saturated carbocycles. The van der Waals surface area contributed by atoms with Crippen LogP contribution in [0, 0.1) is 0 Å². The topological polar surface area (TPSA) is 50.8 Å². The monoisotopic (exact) mass is 402 g/mol. The lowest BCUT2D eigenvalue weighted by molar-refractivity contribution is 0.0809. The van der Waals surface area contributed by atoms with Crippen LogP contribution in [-0.2, 0) is 9.16 Å². The first kappa shape index (κ1) is 26.4. The van der Waals surface area contributed by atoms with Gasteiger partial charge in [0.1, 0.15) is 6.10 Å². The second-order valence-electron chi connectivity index (χ2n) is 9.36. The van der Waals surface area contributed by atoms with Crippen LogP contribution in [0.25, 0.3) is 0 Å². The highest BCUT2D eigenvalue weighted by Crippen LogP contribution is 2.36. The third-order valence-corrected chi connectivity index (χ3v) is 9.96. The molecule has 162 valence electrons. The van der Waals surface area contributed by atoms with Gasteiger partial charge in [0, 0.05) is 19.7 Å². The van der Waals surface area contributed by atoms with E-state index in [1.54, 1.807) is 0 Å². The predicted octanol–water partition coefficient (Wildman–Crippen LogP) is 5.42. The molecule has 0 aliphatic heterocycles. The summed E-state index contributed by atoms with van der Waals surface area (Å²) in [6.07, 6.45) is 7.25. The van der Waals surface area contributed by atoms with Gasteiger partial charge >= 0.3 is 6.09 Å². The Kier molecular flexibility index (Phi) is 13.3. The first-order chi connectivity index (χ1) is 12.5. The Labute approximate surface area is 169 Å². The zero-order chi connectivity index (χ0) is 20.9. The van der Waals surface area contributed by atoms with E-state index in [4.69, 9.17) is 9.16 Å². The summed E-state index contributed by atoms with van der Waals surface area (Å²) in [5, 5.41) is 3.08. The summed E-state index contributed by atoms with van der Waals surface area (Å²) < 4.78 is 12.0.